The van der Waals surface area contributed by atoms with Crippen molar-refractivity contribution in [1.29, 1.82) is 0 Å². The second-order valence-electron chi connectivity index (χ2n) is 9.62. The van der Waals surface area contributed by atoms with Crippen LogP contribution in [0.15, 0.2) is 24.3 Å². The molecule has 202 valence electrons. The Bertz CT molecular complexity index is 874. The van der Waals surface area contributed by atoms with Crippen molar-refractivity contribution in [2.45, 2.75) is 77.5 Å². The molecule has 9 N–H and O–H groups in total. The van der Waals surface area contributed by atoms with Crippen molar-refractivity contribution in [1.82, 2.24) is 16.0 Å². The van der Waals surface area contributed by atoms with Crippen molar-refractivity contribution in [3.8, 4) is 5.75 Å². The molecule has 0 aromatic heterocycles. The van der Waals surface area contributed by atoms with Crippen LogP contribution in [0.2, 0.25) is 0 Å². The molecule has 3 amide bonds. The monoisotopic (exact) mass is 507 g/mol. The zero-order valence-electron chi connectivity index (χ0n) is 21.5. The number of unbranched alkanes of at least 4 members (excludes halogenated alkanes) is 1. The van der Waals surface area contributed by atoms with Crippen LogP contribution < -0.4 is 27.4 Å². The van der Waals surface area contributed by atoms with Crippen molar-refractivity contribution in [3.63, 3.8) is 0 Å². The molecule has 0 aliphatic carbocycles. The number of amides is 3. The van der Waals surface area contributed by atoms with E-state index in [4.69, 9.17) is 11.5 Å². The van der Waals surface area contributed by atoms with Crippen LogP contribution in [0.25, 0.3) is 0 Å². The third-order valence-corrected chi connectivity index (χ3v) is 5.79. The minimum atomic E-state index is -1.17. The SMILES string of the molecule is CC(C)C(NC(=O)C(NC(=O)C(CCCCN)NC(=O)C(N)Cc1ccc(O)cc1)C(C)C)C(=O)O. The Hall–Kier alpha value is -3.18. The van der Waals surface area contributed by atoms with Gasteiger partial charge in [0, 0.05) is 0 Å². The van der Waals surface area contributed by atoms with Crippen molar-refractivity contribution in [2.24, 2.45) is 23.3 Å². The van der Waals surface area contributed by atoms with Gasteiger partial charge in [-0.25, -0.2) is 4.79 Å². The fourth-order valence-corrected chi connectivity index (χ4v) is 3.56. The second kappa shape index (κ2) is 15.0. The largest absolute Gasteiger partial charge is 0.508 e. The highest BCUT2D eigenvalue weighted by Crippen LogP contribution is 2.12. The summed E-state index contributed by atoms with van der Waals surface area (Å²) in [7, 11) is 0. The topological polar surface area (TPSA) is 197 Å². The molecule has 0 saturated heterocycles. The van der Waals surface area contributed by atoms with Crippen LogP contribution in [0.5, 0.6) is 5.75 Å². The number of carboxylic acid groups (broad SMARTS) is 1. The maximum atomic E-state index is 13.1. The molecule has 0 saturated carbocycles. The summed E-state index contributed by atoms with van der Waals surface area (Å²) in [6, 6.07) is 2.30. The van der Waals surface area contributed by atoms with E-state index < -0.39 is 47.9 Å². The van der Waals surface area contributed by atoms with E-state index in [9.17, 15) is 29.4 Å². The van der Waals surface area contributed by atoms with Gasteiger partial charge in [0.1, 0.15) is 23.9 Å². The average Bonchev–Trinajstić information content (AvgIpc) is 2.80. The summed E-state index contributed by atoms with van der Waals surface area (Å²) in [6.45, 7) is 7.22. The van der Waals surface area contributed by atoms with Crippen molar-refractivity contribution < 1.29 is 29.4 Å². The number of phenolic OH excluding ortho intramolecular Hbond substituents is 1. The number of benzene rings is 1. The van der Waals surface area contributed by atoms with Gasteiger partial charge in [0.05, 0.1) is 6.04 Å². The highest BCUT2D eigenvalue weighted by Gasteiger charge is 2.32. The number of hydrogen-bond acceptors (Lipinski definition) is 7. The predicted octanol–water partition coefficient (Wildman–Crippen LogP) is 0.242. The molecule has 0 aliphatic rings. The number of aliphatic carboxylic acids is 1. The summed E-state index contributed by atoms with van der Waals surface area (Å²) in [5.41, 5.74) is 12.4. The van der Waals surface area contributed by atoms with Gasteiger partial charge in [-0.15, -0.1) is 0 Å². The third-order valence-electron chi connectivity index (χ3n) is 5.79. The summed E-state index contributed by atoms with van der Waals surface area (Å²) in [5, 5.41) is 26.6. The number of nitrogens with one attached hydrogen (secondary N) is 3. The van der Waals surface area contributed by atoms with Gasteiger partial charge in [-0.05, 0) is 61.8 Å². The molecule has 0 heterocycles. The van der Waals surface area contributed by atoms with Crippen LogP contribution in [-0.4, -0.2) is 64.6 Å². The lowest BCUT2D eigenvalue weighted by molar-refractivity contribution is -0.143. The van der Waals surface area contributed by atoms with E-state index in [1.54, 1.807) is 39.8 Å². The Kier molecular flexibility index (Phi) is 12.9. The van der Waals surface area contributed by atoms with Crippen LogP contribution in [0, 0.1) is 11.8 Å². The molecule has 0 aliphatic heterocycles. The van der Waals surface area contributed by atoms with Gasteiger partial charge in [0.15, 0.2) is 0 Å². The Morgan fingerprint density at radius 2 is 1.39 bits per heavy atom. The molecule has 4 unspecified atom stereocenters. The standard InChI is InChI=1S/C25H41N5O6/c1-14(2)20(24(34)30-21(15(3)4)25(35)36)29-23(33)19(7-5-6-12-26)28-22(32)18(27)13-16-8-10-17(31)11-9-16/h8-11,14-15,18-21,31H,5-7,12-13,26-27H2,1-4H3,(H,28,32)(H,29,33)(H,30,34)(H,35,36). The van der Waals surface area contributed by atoms with Gasteiger partial charge < -0.3 is 37.6 Å². The van der Waals surface area contributed by atoms with Crippen molar-refractivity contribution in [3.05, 3.63) is 29.8 Å². The van der Waals surface area contributed by atoms with Crippen molar-refractivity contribution >= 4 is 23.7 Å². The van der Waals surface area contributed by atoms with Crippen LogP contribution in [-0.2, 0) is 25.6 Å². The lowest BCUT2D eigenvalue weighted by atomic mass is 9.99. The number of aromatic hydroxyl groups is 1. The summed E-state index contributed by atoms with van der Waals surface area (Å²) in [5.74, 6) is -3.48. The number of carbonyl (C=O) groups excluding carboxylic acids is 3. The number of carbonyl (C=O) groups is 4. The number of phenols is 1. The lowest BCUT2D eigenvalue weighted by Gasteiger charge is -2.28. The number of carboxylic acids is 1. The van der Waals surface area contributed by atoms with E-state index in [0.29, 0.717) is 19.4 Å². The first kappa shape index (κ1) is 30.9. The van der Waals surface area contributed by atoms with Gasteiger partial charge in [-0.1, -0.05) is 39.8 Å². The Morgan fingerprint density at radius 1 is 0.833 bits per heavy atom. The zero-order chi connectivity index (χ0) is 27.4. The van der Waals surface area contributed by atoms with Crippen molar-refractivity contribution in [2.75, 3.05) is 6.54 Å². The van der Waals surface area contributed by atoms with E-state index >= 15 is 0 Å². The molecular weight excluding hydrogens is 466 g/mol. The first-order valence-electron chi connectivity index (χ1n) is 12.2. The fourth-order valence-electron chi connectivity index (χ4n) is 3.56. The van der Waals surface area contributed by atoms with E-state index in [1.807, 2.05) is 0 Å². The van der Waals surface area contributed by atoms with E-state index in [0.717, 1.165) is 5.56 Å². The van der Waals surface area contributed by atoms with Gasteiger partial charge in [0.2, 0.25) is 17.7 Å². The van der Waals surface area contributed by atoms with Gasteiger partial charge in [-0.2, -0.15) is 0 Å². The highest BCUT2D eigenvalue weighted by atomic mass is 16.4. The summed E-state index contributed by atoms with van der Waals surface area (Å²) >= 11 is 0. The summed E-state index contributed by atoms with van der Waals surface area (Å²) in [4.78, 5) is 50.3. The molecule has 11 heteroatoms. The normalized spacial score (nSPS) is 14.6. The van der Waals surface area contributed by atoms with E-state index in [2.05, 4.69) is 16.0 Å². The Labute approximate surface area is 212 Å². The molecule has 1 aromatic rings. The smallest absolute Gasteiger partial charge is 0.326 e. The van der Waals surface area contributed by atoms with Crippen LogP contribution >= 0.6 is 0 Å². The average molecular weight is 508 g/mol. The molecule has 1 rings (SSSR count). The van der Waals surface area contributed by atoms with E-state index in [1.165, 1.54) is 12.1 Å². The first-order valence-corrected chi connectivity index (χ1v) is 12.2. The second-order valence-corrected chi connectivity index (χ2v) is 9.62. The van der Waals surface area contributed by atoms with Gasteiger partial charge in [-0.3, -0.25) is 14.4 Å². The quantitative estimate of drug-likeness (QED) is 0.164. The summed E-state index contributed by atoms with van der Waals surface area (Å²) < 4.78 is 0. The maximum Gasteiger partial charge on any atom is 0.326 e. The first-order chi connectivity index (χ1) is 16.9. The maximum absolute atomic E-state index is 13.1. The summed E-state index contributed by atoms with van der Waals surface area (Å²) in [6.07, 6.45) is 1.69. The fraction of sp³-hybridized carbons (Fsp3) is 0.600. The third kappa shape index (κ3) is 10.2. The number of rotatable bonds is 15. The molecule has 1 aromatic carbocycles. The predicted molar refractivity (Wildman–Crippen MR) is 136 cm³/mol. The van der Waals surface area contributed by atoms with Crippen LogP contribution in [0.4, 0.5) is 0 Å². The molecule has 0 radical (unpaired) electrons. The van der Waals surface area contributed by atoms with Gasteiger partial charge in [0.25, 0.3) is 0 Å². The molecule has 0 bridgehead atoms. The molecule has 0 spiro atoms. The zero-order valence-corrected chi connectivity index (χ0v) is 21.5. The molecular formula is C25H41N5O6. The molecule has 11 nitrogen and oxygen atoms in total. The Balaban J connectivity index is 2.94. The molecule has 36 heavy (non-hydrogen) atoms. The number of hydrogen-bond donors (Lipinski definition) is 7. The lowest BCUT2D eigenvalue weighted by Crippen LogP contribution is -2.59. The molecule has 4 atom stereocenters. The Morgan fingerprint density at radius 3 is 1.89 bits per heavy atom. The van der Waals surface area contributed by atoms with Crippen LogP contribution in [0.1, 0.15) is 52.5 Å². The minimum absolute atomic E-state index is 0.0974. The van der Waals surface area contributed by atoms with E-state index in [-0.39, 0.29) is 30.4 Å². The van der Waals surface area contributed by atoms with Crippen LogP contribution in [0.3, 0.4) is 0 Å². The molecule has 0 fully saturated rings. The highest BCUT2D eigenvalue weighted by molar-refractivity contribution is 5.94. The minimum Gasteiger partial charge on any atom is -0.508 e. The van der Waals surface area contributed by atoms with Gasteiger partial charge >= 0.3 is 5.97 Å². The number of nitrogens with two attached hydrogens (primary N) is 2.